The number of esters is 1. The van der Waals surface area contributed by atoms with Gasteiger partial charge < -0.3 is 15.0 Å². The smallest absolute Gasteiger partial charge is 0.354 e. The number of amides is 3. The molecule has 0 spiro atoms. The first kappa shape index (κ1) is 21.5. The molecule has 33 heavy (non-hydrogen) atoms. The van der Waals surface area contributed by atoms with Crippen molar-refractivity contribution in [3.63, 3.8) is 0 Å². The number of para-hydroxylation sites is 1. The van der Waals surface area contributed by atoms with Crippen LogP contribution in [0.3, 0.4) is 0 Å². The summed E-state index contributed by atoms with van der Waals surface area (Å²) in [5, 5.41) is 3.24. The van der Waals surface area contributed by atoms with Crippen LogP contribution in [0.5, 0.6) is 0 Å². The van der Waals surface area contributed by atoms with Gasteiger partial charge in [-0.3, -0.25) is 19.3 Å². The lowest BCUT2D eigenvalue weighted by atomic mass is 9.96. The second-order valence-corrected chi connectivity index (χ2v) is 8.89. The van der Waals surface area contributed by atoms with Crippen LogP contribution in [0.2, 0.25) is 5.02 Å². The number of hydrogen-bond donors (Lipinski definition) is 1. The Morgan fingerprint density at radius 1 is 1.12 bits per heavy atom. The summed E-state index contributed by atoms with van der Waals surface area (Å²) in [4.78, 5) is 55.0. The highest BCUT2D eigenvalue weighted by molar-refractivity contribution is 6.30. The molecule has 170 valence electrons. The normalized spacial score (nSPS) is 21.5. The number of carbonyl (C=O) groups excluding carboxylic acids is 4. The third-order valence-corrected chi connectivity index (χ3v) is 6.49. The van der Waals surface area contributed by atoms with Gasteiger partial charge in [-0.05, 0) is 42.7 Å². The number of anilines is 1. The standard InChI is InChI=1S/C24H22ClN3O5/c25-16-5-3-4-15(12-16)13-26-20(29)14-33-23(32)24-11-10-21(30)28(24)19-7-2-1-6-18(19)22(31)27(24)17-8-9-17/h1-7,12,17H,8-11,13-14H2,(H,26,29). The van der Waals surface area contributed by atoms with Gasteiger partial charge in [-0.25, -0.2) is 4.79 Å². The zero-order valence-electron chi connectivity index (χ0n) is 17.8. The summed E-state index contributed by atoms with van der Waals surface area (Å²) < 4.78 is 5.42. The summed E-state index contributed by atoms with van der Waals surface area (Å²) in [6, 6.07) is 13.7. The summed E-state index contributed by atoms with van der Waals surface area (Å²) in [6.45, 7) is -0.287. The topological polar surface area (TPSA) is 96.0 Å². The molecule has 2 aliphatic heterocycles. The van der Waals surface area contributed by atoms with E-state index in [1.54, 1.807) is 42.5 Å². The van der Waals surface area contributed by atoms with Gasteiger partial charge in [0.15, 0.2) is 6.61 Å². The molecular weight excluding hydrogens is 446 g/mol. The van der Waals surface area contributed by atoms with E-state index in [0.717, 1.165) is 18.4 Å². The van der Waals surface area contributed by atoms with Crippen molar-refractivity contribution in [1.29, 1.82) is 0 Å². The average Bonchev–Trinajstić information content (AvgIpc) is 3.58. The van der Waals surface area contributed by atoms with Gasteiger partial charge in [-0.2, -0.15) is 0 Å². The van der Waals surface area contributed by atoms with Gasteiger partial charge in [-0.15, -0.1) is 0 Å². The van der Waals surface area contributed by atoms with Crippen molar-refractivity contribution in [2.45, 2.75) is 43.9 Å². The van der Waals surface area contributed by atoms with Gasteiger partial charge in [0.2, 0.25) is 11.6 Å². The van der Waals surface area contributed by atoms with Crippen LogP contribution in [0.1, 0.15) is 41.6 Å². The van der Waals surface area contributed by atoms with Crippen LogP contribution < -0.4 is 10.2 Å². The zero-order chi connectivity index (χ0) is 23.2. The van der Waals surface area contributed by atoms with Gasteiger partial charge in [0.25, 0.3) is 11.8 Å². The molecule has 8 nitrogen and oxygen atoms in total. The number of benzene rings is 2. The Labute approximate surface area is 195 Å². The minimum absolute atomic E-state index is 0.112. The van der Waals surface area contributed by atoms with Crippen molar-refractivity contribution in [3.05, 3.63) is 64.7 Å². The summed E-state index contributed by atoms with van der Waals surface area (Å²) in [7, 11) is 0. The molecule has 1 aliphatic carbocycles. The summed E-state index contributed by atoms with van der Waals surface area (Å²) in [5.41, 5.74) is 0.0472. The number of carbonyl (C=O) groups is 4. The maximum Gasteiger partial charge on any atom is 0.354 e. The van der Waals surface area contributed by atoms with E-state index in [2.05, 4.69) is 5.32 Å². The molecule has 2 heterocycles. The van der Waals surface area contributed by atoms with E-state index in [1.165, 1.54) is 9.80 Å². The second kappa shape index (κ2) is 8.19. The van der Waals surface area contributed by atoms with Crippen LogP contribution in [0.4, 0.5) is 5.69 Å². The second-order valence-electron chi connectivity index (χ2n) is 8.45. The maximum absolute atomic E-state index is 13.5. The summed E-state index contributed by atoms with van der Waals surface area (Å²) in [5.74, 6) is -1.79. The molecular formula is C24H22ClN3O5. The fourth-order valence-corrected chi connectivity index (χ4v) is 4.87. The van der Waals surface area contributed by atoms with Crippen LogP contribution in [0.15, 0.2) is 48.5 Å². The number of fused-ring (bicyclic) bond motifs is 3. The number of nitrogens with one attached hydrogen (secondary N) is 1. The fraction of sp³-hybridized carbons (Fsp3) is 0.333. The highest BCUT2D eigenvalue weighted by Gasteiger charge is 2.64. The molecule has 2 fully saturated rings. The Hall–Kier alpha value is -3.39. The first-order valence-corrected chi connectivity index (χ1v) is 11.2. The Morgan fingerprint density at radius 3 is 2.67 bits per heavy atom. The van der Waals surface area contributed by atoms with Crippen LogP contribution in [-0.2, 0) is 25.7 Å². The van der Waals surface area contributed by atoms with Crippen molar-refractivity contribution < 1.29 is 23.9 Å². The molecule has 1 atom stereocenters. The molecule has 2 aromatic carbocycles. The molecule has 5 rings (SSSR count). The Bertz CT molecular complexity index is 1160. The van der Waals surface area contributed by atoms with Gasteiger partial charge in [-0.1, -0.05) is 35.9 Å². The number of rotatable bonds is 6. The summed E-state index contributed by atoms with van der Waals surface area (Å²) in [6.07, 6.45) is 1.75. The first-order valence-electron chi connectivity index (χ1n) is 10.9. The third kappa shape index (κ3) is 3.64. The fourth-order valence-electron chi connectivity index (χ4n) is 4.66. The van der Waals surface area contributed by atoms with Crippen molar-refractivity contribution in [3.8, 4) is 0 Å². The largest absolute Gasteiger partial charge is 0.452 e. The van der Waals surface area contributed by atoms with Crippen molar-refractivity contribution in [2.75, 3.05) is 11.5 Å². The highest BCUT2D eigenvalue weighted by Crippen LogP contribution is 2.49. The maximum atomic E-state index is 13.5. The van der Waals surface area contributed by atoms with Crippen LogP contribution in [0, 0.1) is 0 Å². The van der Waals surface area contributed by atoms with Crippen molar-refractivity contribution in [1.82, 2.24) is 10.2 Å². The molecule has 3 aliphatic rings. The predicted octanol–water partition coefficient (Wildman–Crippen LogP) is 2.64. The minimum atomic E-state index is -1.56. The quantitative estimate of drug-likeness (QED) is 0.659. The molecule has 2 aromatic rings. The Kier molecular flexibility index (Phi) is 5.32. The third-order valence-electron chi connectivity index (χ3n) is 6.25. The number of hydrogen-bond acceptors (Lipinski definition) is 5. The molecule has 1 unspecified atom stereocenters. The van der Waals surface area contributed by atoms with Crippen molar-refractivity contribution >= 4 is 41.0 Å². The van der Waals surface area contributed by atoms with Crippen molar-refractivity contribution in [2.24, 2.45) is 0 Å². The molecule has 1 saturated carbocycles. The van der Waals surface area contributed by atoms with E-state index in [9.17, 15) is 19.2 Å². The molecule has 0 aromatic heterocycles. The van der Waals surface area contributed by atoms with E-state index < -0.39 is 24.1 Å². The summed E-state index contributed by atoms with van der Waals surface area (Å²) >= 11 is 5.96. The van der Waals surface area contributed by atoms with E-state index >= 15 is 0 Å². The lowest BCUT2D eigenvalue weighted by molar-refractivity contribution is -0.160. The first-order chi connectivity index (χ1) is 15.9. The molecule has 0 radical (unpaired) electrons. The highest BCUT2D eigenvalue weighted by atomic mass is 35.5. The Morgan fingerprint density at radius 2 is 1.91 bits per heavy atom. The molecule has 3 amide bonds. The van der Waals surface area contributed by atoms with Crippen LogP contribution >= 0.6 is 11.6 Å². The molecule has 0 bridgehead atoms. The van der Waals surface area contributed by atoms with E-state index in [0.29, 0.717) is 16.3 Å². The van der Waals surface area contributed by atoms with E-state index in [-0.39, 0.29) is 37.2 Å². The van der Waals surface area contributed by atoms with E-state index in [4.69, 9.17) is 16.3 Å². The molecule has 1 saturated heterocycles. The lowest BCUT2D eigenvalue weighted by Gasteiger charge is -2.48. The SMILES string of the molecule is O=C(COC(=O)C12CCC(=O)N1c1ccccc1C(=O)N2C1CC1)NCc1cccc(Cl)c1. The number of ether oxygens (including phenoxy) is 1. The van der Waals surface area contributed by atoms with Gasteiger partial charge in [0.1, 0.15) is 0 Å². The zero-order valence-corrected chi connectivity index (χ0v) is 18.5. The number of halogens is 1. The average molecular weight is 468 g/mol. The van der Waals surface area contributed by atoms with Gasteiger partial charge in [0.05, 0.1) is 11.3 Å². The molecule has 1 N–H and O–H groups in total. The number of nitrogens with zero attached hydrogens (tertiary/aromatic N) is 2. The van der Waals surface area contributed by atoms with Crippen LogP contribution in [0.25, 0.3) is 0 Å². The van der Waals surface area contributed by atoms with Gasteiger partial charge >= 0.3 is 5.97 Å². The molecule has 9 heteroatoms. The lowest BCUT2D eigenvalue weighted by Crippen LogP contribution is -2.69. The predicted molar refractivity (Wildman–Crippen MR) is 119 cm³/mol. The van der Waals surface area contributed by atoms with Crippen LogP contribution in [-0.4, -0.2) is 46.9 Å². The van der Waals surface area contributed by atoms with E-state index in [1.807, 2.05) is 6.07 Å². The Balaban J connectivity index is 1.36. The minimum Gasteiger partial charge on any atom is -0.452 e. The monoisotopic (exact) mass is 467 g/mol. The van der Waals surface area contributed by atoms with Gasteiger partial charge in [0, 0.05) is 30.5 Å².